The van der Waals surface area contributed by atoms with Gasteiger partial charge in [0.1, 0.15) is 0 Å². The quantitative estimate of drug-likeness (QED) is 0.843. The minimum absolute atomic E-state index is 0.300. The van der Waals surface area contributed by atoms with E-state index in [1.54, 1.807) is 30.3 Å². The average molecular weight is 279 g/mol. The van der Waals surface area contributed by atoms with Crippen LogP contribution in [-0.2, 0) is 6.42 Å². The number of aromatic hydroxyl groups is 1. The third-order valence-electron chi connectivity index (χ3n) is 2.56. The first kappa shape index (κ1) is 13.2. The van der Waals surface area contributed by atoms with Gasteiger partial charge in [-0.15, -0.1) is 6.58 Å². The standard InChI is InChI=1S/C13H11ClN2O3/c1-2-3-10-12(17)11(13(18)19)15-16(10)9-6-4-8(14)5-7-9/h2,4-7,17H,1,3H2,(H,18,19). The molecule has 0 amide bonds. The van der Waals surface area contributed by atoms with Crippen LogP contribution >= 0.6 is 11.6 Å². The molecule has 0 fully saturated rings. The highest BCUT2D eigenvalue weighted by Gasteiger charge is 2.22. The van der Waals surface area contributed by atoms with Crippen LogP contribution in [0.2, 0.25) is 5.02 Å². The number of allylic oxidation sites excluding steroid dienone is 1. The molecule has 0 aliphatic carbocycles. The number of benzene rings is 1. The van der Waals surface area contributed by atoms with Crippen molar-refractivity contribution in [1.29, 1.82) is 0 Å². The first-order valence-corrected chi connectivity index (χ1v) is 5.83. The van der Waals surface area contributed by atoms with Crippen molar-refractivity contribution in [3.8, 4) is 11.4 Å². The van der Waals surface area contributed by atoms with Gasteiger partial charge in [-0.05, 0) is 24.3 Å². The summed E-state index contributed by atoms with van der Waals surface area (Å²) < 4.78 is 1.37. The molecule has 5 nitrogen and oxygen atoms in total. The van der Waals surface area contributed by atoms with Crippen molar-refractivity contribution in [1.82, 2.24) is 9.78 Å². The van der Waals surface area contributed by atoms with Crippen molar-refractivity contribution in [3.63, 3.8) is 0 Å². The number of carboxylic acid groups (broad SMARTS) is 1. The average Bonchev–Trinajstić information content (AvgIpc) is 2.69. The number of hydrogen-bond acceptors (Lipinski definition) is 3. The Kier molecular flexibility index (Phi) is 3.57. The third kappa shape index (κ3) is 2.46. The second kappa shape index (κ2) is 5.16. The van der Waals surface area contributed by atoms with Crippen molar-refractivity contribution in [2.75, 3.05) is 0 Å². The van der Waals surface area contributed by atoms with Crippen LogP contribution < -0.4 is 0 Å². The lowest BCUT2D eigenvalue weighted by Crippen LogP contribution is -2.03. The minimum Gasteiger partial charge on any atom is -0.504 e. The van der Waals surface area contributed by atoms with Gasteiger partial charge in [0.2, 0.25) is 5.69 Å². The van der Waals surface area contributed by atoms with Gasteiger partial charge < -0.3 is 10.2 Å². The molecule has 0 spiro atoms. The van der Waals surface area contributed by atoms with Crippen LogP contribution in [-0.4, -0.2) is 26.0 Å². The fraction of sp³-hybridized carbons (Fsp3) is 0.0769. The number of halogens is 1. The summed E-state index contributed by atoms with van der Waals surface area (Å²) in [4.78, 5) is 11.0. The van der Waals surface area contributed by atoms with Crippen LogP contribution in [0.15, 0.2) is 36.9 Å². The molecule has 19 heavy (non-hydrogen) atoms. The van der Waals surface area contributed by atoms with Gasteiger partial charge in [0.05, 0.1) is 11.4 Å². The van der Waals surface area contributed by atoms with Crippen molar-refractivity contribution in [2.45, 2.75) is 6.42 Å². The lowest BCUT2D eigenvalue weighted by atomic mass is 10.2. The maximum atomic E-state index is 11.0. The number of aromatic carboxylic acids is 1. The van der Waals surface area contributed by atoms with E-state index in [0.717, 1.165) is 0 Å². The monoisotopic (exact) mass is 278 g/mol. The Balaban J connectivity index is 2.61. The van der Waals surface area contributed by atoms with E-state index in [4.69, 9.17) is 16.7 Å². The maximum absolute atomic E-state index is 11.0. The van der Waals surface area contributed by atoms with Gasteiger partial charge in [0, 0.05) is 11.4 Å². The highest BCUT2D eigenvalue weighted by molar-refractivity contribution is 6.30. The van der Waals surface area contributed by atoms with Crippen LogP contribution in [0.4, 0.5) is 0 Å². The molecular formula is C13H11ClN2O3. The van der Waals surface area contributed by atoms with Gasteiger partial charge in [-0.25, -0.2) is 9.48 Å². The Morgan fingerprint density at radius 1 is 1.42 bits per heavy atom. The van der Waals surface area contributed by atoms with Gasteiger partial charge in [-0.2, -0.15) is 5.10 Å². The van der Waals surface area contributed by atoms with Crippen LogP contribution in [0.1, 0.15) is 16.2 Å². The summed E-state index contributed by atoms with van der Waals surface area (Å²) in [6, 6.07) is 6.70. The maximum Gasteiger partial charge on any atom is 0.360 e. The predicted molar refractivity (Wildman–Crippen MR) is 71.1 cm³/mol. The molecular weight excluding hydrogens is 268 g/mol. The molecule has 1 aromatic carbocycles. The van der Waals surface area contributed by atoms with Crippen molar-refractivity contribution < 1.29 is 15.0 Å². The number of hydrogen-bond donors (Lipinski definition) is 2. The molecule has 6 heteroatoms. The summed E-state index contributed by atoms with van der Waals surface area (Å²) in [5, 5.41) is 23.3. The SMILES string of the molecule is C=CCc1c(O)c(C(=O)O)nn1-c1ccc(Cl)cc1. The van der Waals surface area contributed by atoms with Crippen molar-refractivity contribution in [2.24, 2.45) is 0 Å². The van der Waals surface area contributed by atoms with Gasteiger partial charge in [-0.1, -0.05) is 17.7 Å². The number of nitrogens with zero attached hydrogens (tertiary/aromatic N) is 2. The van der Waals surface area contributed by atoms with Gasteiger partial charge in [-0.3, -0.25) is 0 Å². The minimum atomic E-state index is -1.28. The normalized spacial score (nSPS) is 10.4. The van der Waals surface area contributed by atoms with Gasteiger partial charge in [0.25, 0.3) is 0 Å². The van der Waals surface area contributed by atoms with Crippen molar-refractivity contribution in [3.05, 3.63) is 53.3 Å². The van der Waals surface area contributed by atoms with Crippen LogP contribution in [0, 0.1) is 0 Å². The Labute approximate surface area is 114 Å². The van der Waals surface area contributed by atoms with Crippen LogP contribution in [0.3, 0.4) is 0 Å². The van der Waals surface area contributed by atoms with Gasteiger partial charge >= 0.3 is 5.97 Å². The molecule has 2 aromatic rings. The van der Waals surface area contributed by atoms with E-state index in [-0.39, 0.29) is 11.4 Å². The molecule has 1 aromatic heterocycles. The van der Waals surface area contributed by atoms with E-state index in [1.807, 2.05) is 0 Å². The van der Waals surface area contributed by atoms with E-state index in [0.29, 0.717) is 22.8 Å². The first-order valence-electron chi connectivity index (χ1n) is 5.45. The van der Waals surface area contributed by atoms with E-state index < -0.39 is 5.97 Å². The lowest BCUT2D eigenvalue weighted by Gasteiger charge is -2.05. The van der Waals surface area contributed by atoms with E-state index in [9.17, 15) is 9.90 Å². The highest BCUT2D eigenvalue weighted by Crippen LogP contribution is 2.26. The summed E-state index contributed by atoms with van der Waals surface area (Å²) in [5.74, 6) is -1.63. The molecule has 2 rings (SSSR count). The van der Waals surface area contributed by atoms with Gasteiger partial charge in [0.15, 0.2) is 5.75 Å². The number of aromatic nitrogens is 2. The third-order valence-corrected chi connectivity index (χ3v) is 2.82. The first-order chi connectivity index (χ1) is 9.04. The summed E-state index contributed by atoms with van der Waals surface area (Å²) in [5.41, 5.74) is 0.602. The fourth-order valence-corrected chi connectivity index (χ4v) is 1.83. The zero-order valence-corrected chi connectivity index (χ0v) is 10.6. The summed E-state index contributed by atoms with van der Waals surface area (Å²) in [6.07, 6.45) is 1.86. The second-order valence-electron chi connectivity index (χ2n) is 3.83. The van der Waals surface area contributed by atoms with E-state index in [2.05, 4.69) is 11.7 Å². The molecule has 0 radical (unpaired) electrons. The Hall–Kier alpha value is -2.27. The van der Waals surface area contributed by atoms with Crippen LogP contribution in [0.25, 0.3) is 5.69 Å². The van der Waals surface area contributed by atoms with Crippen molar-refractivity contribution >= 4 is 17.6 Å². The topological polar surface area (TPSA) is 75.3 Å². The predicted octanol–water partition coefficient (Wildman–Crippen LogP) is 2.66. The summed E-state index contributed by atoms with van der Waals surface area (Å²) in [7, 11) is 0. The smallest absolute Gasteiger partial charge is 0.360 e. The Bertz CT molecular complexity index is 632. The molecule has 0 aliphatic rings. The molecule has 0 unspecified atom stereocenters. The zero-order valence-electron chi connectivity index (χ0n) is 9.88. The lowest BCUT2D eigenvalue weighted by molar-refractivity contribution is 0.0687. The molecule has 2 N–H and O–H groups in total. The molecule has 0 saturated carbocycles. The summed E-state index contributed by atoms with van der Waals surface area (Å²) in [6.45, 7) is 3.58. The highest BCUT2D eigenvalue weighted by atomic mass is 35.5. The largest absolute Gasteiger partial charge is 0.504 e. The van der Waals surface area contributed by atoms with E-state index >= 15 is 0 Å². The Morgan fingerprint density at radius 2 is 2.05 bits per heavy atom. The number of rotatable bonds is 4. The summed E-state index contributed by atoms with van der Waals surface area (Å²) >= 11 is 5.80. The number of carbonyl (C=O) groups is 1. The molecule has 0 atom stereocenters. The fourth-order valence-electron chi connectivity index (χ4n) is 1.70. The zero-order chi connectivity index (χ0) is 14.0. The van der Waals surface area contributed by atoms with E-state index in [1.165, 1.54) is 4.68 Å². The van der Waals surface area contributed by atoms with Crippen LogP contribution in [0.5, 0.6) is 5.75 Å². The molecule has 0 aliphatic heterocycles. The second-order valence-corrected chi connectivity index (χ2v) is 4.27. The molecule has 1 heterocycles. The Morgan fingerprint density at radius 3 is 2.58 bits per heavy atom. The molecule has 98 valence electrons. The molecule has 0 bridgehead atoms. The number of carboxylic acids is 1. The molecule has 0 saturated heterocycles.